The van der Waals surface area contributed by atoms with Gasteiger partial charge in [0, 0.05) is 28.2 Å². The lowest BCUT2D eigenvalue weighted by atomic mass is 9.92. The van der Waals surface area contributed by atoms with Gasteiger partial charge in [0.1, 0.15) is 0 Å². The fourth-order valence-corrected chi connectivity index (χ4v) is 3.42. The van der Waals surface area contributed by atoms with Crippen molar-refractivity contribution in [2.24, 2.45) is 11.7 Å². The zero-order valence-electron chi connectivity index (χ0n) is 11.8. The van der Waals surface area contributed by atoms with Gasteiger partial charge in [-0.15, -0.1) is 0 Å². The summed E-state index contributed by atoms with van der Waals surface area (Å²) in [5.41, 5.74) is 6.83. The van der Waals surface area contributed by atoms with Gasteiger partial charge in [-0.1, -0.05) is 15.9 Å². The number of nitro benzene ring substituents is 1. The first kappa shape index (κ1) is 15.4. The summed E-state index contributed by atoms with van der Waals surface area (Å²) >= 11 is 3.31. The van der Waals surface area contributed by atoms with Gasteiger partial charge in [-0.25, -0.2) is 0 Å². The molecule has 110 valence electrons. The number of hydrogen-bond donors (Lipinski definition) is 1. The molecular formula is C14H20BrN3O2. The van der Waals surface area contributed by atoms with Crippen LogP contribution >= 0.6 is 15.9 Å². The quantitative estimate of drug-likeness (QED) is 0.674. The smallest absolute Gasteiger partial charge is 0.275 e. The Hall–Kier alpha value is -0.980. The first-order valence-corrected chi connectivity index (χ1v) is 7.64. The van der Waals surface area contributed by atoms with Crippen LogP contribution in [0.3, 0.4) is 0 Å². The number of likely N-dealkylation sites (tertiary alicyclic amines) is 1. The van der Waals surface area contributed by atoms with Crippen LogP contribution in [0, 0.1) is 16.0 Å². The van der Waals surface area contributed by atoms with Gasteiger partial charge in [0.05, 0.1) is 4.92 Å². The molecule has 1 saturated heterocycles. The van der Waals surface area contributed by atoms with Gasteiger partial charge in [0.15, 0.2) is 0 Å². The van der Waals surface area contributed by atoms with Gasteiger partial charge in [-0.3, -0.25) is 15.0 Å². The number of hydrogen-bond acceptors (Lipinski definition) is 4. The molecule has 2 rings (SSSR count). The van der Waals surface area contributed by atoms with Crippen molar-refractivity contribution in [2.45, 2.75) is 32.4 Å². The summed E-state index contributed by atoms with van der Waals surface area (Å²) in [7, 11) is 0. The Balaban J connectivity index is 2.49. The molecule has 1 aliphatic rings. The van der Waals surface area contributed by atoms with Crippen LogP contribution in [0.5, 0.6) is 0 Å². The Morgan fingerprint density at radius 1 is 1.55 bits per heavy atom. The molecule has 2 unspecified atom stereocenters. The Labute approximate surface area is 127 Å². The minimum atomic E-state index is -0.301. The first-order chi connectivity index (χ1) is 9.45. The Kier molecular flexibility index (Phi) is 4.78. The van der Waals surface area contributed by atoms with Crippen LogP contribution < -0.4 is 5.73 Å². The zero-order chi connectivity index (χ0) is 14.9. The minimum Gasteiger partial charge on any atom is -0.330 e. The van der Waals surface area contributed by atoms with Crippen molar-refractivity contribution in [1.82, 2.24) is 4.90 Å². The van der Waals surface area contributed by atoms with Crippen LogP contribution in [-0.4, -0.2) is 29.0 Å². The summed E-state index contributed by atoms with van der Waals surface area (Å²) in [5.74, 6) is 0.275. The molecule has 0 aromatic heterocycles. The maximum atomic E-state index is 11.3. The van der Waals surface area contributed by atoms with Crippen LogP contribution in [0.25, 0.3) is 0 Å². The summed E-state index contributed by atoms with van der Waals surface area (Å²) in [6.07, 6.45) is 0.993. The predicted octanol–water partition coefficient (Wildman–Crippen LogP) is 3.09. The highest BCUT2D eigenvalue weighted by Crippen LogP contribution is 2.42. The average Bonchev–Trinajstić information content (AvgIpc) is 2.82. The Morgan fingerprint density at radius 2 is 2.25 bits per heavy atom. The summed E-state index contributed by atoms with van der Waals surface area (Å²) in [4.78, 5) is 13.3. The summed E-state index contributed by atoms with van der Waals surface area (Å²) in [6, 6.07) is 5.69. The second-order valence-corrected chi connectivity index (χ2v) is 6.44. The minimum absolute atomic E-state index is 0.0356. The molecule has 2 N–H and O–H groups in total. The van der Waals surface area contributed by atoms with Gasteiger partial charge in [-0.2, -0.15) is 0 Å². The van der Waals surface area contributed by atoms with Gasteiger partial charge in [0.2, 0.25) is 0 Å². The van der Waals surface area contributed by atoms with Crippen molar-refractivity contribution in [3.05, 3.63) is 38.3 Å². The van der Waals surface area contributed by atoms with E-state index in [0.29, 0.717) is 12.6 Å². The van der Waals surface area contributed by atoms with E-state index in [0.717, 1.165) is 23.0 Å². The van der Waals surface area contributed by atoms with Crippen LogP contribution in [0.2, 0.25) is 0 Å². The molecule has 1 aliphatic heterocycles. The molecular weight excluding hydrogens is 322 g/mol. The monoisotopic (exact) mass is 341 g/mol. The van der Waals surface area contributed by atoms with Crippen molar-refractivity contribution in [2.75, 3.05) is 13.1 Å². The van der Waals surface area contributed by atoms with E-state index in [4.69, 9.17) is 5.73 Å². The molecule has 0 bridgehead atoms. The summed E-state index contributed by atoms with van der Waals surface area (Å²) in [6.45, 7) is 5.74. The van der Waals surface area contributed by atoms with E-state index in [1.807, 2.05) is 12.1 Å². The van der Waals surface area contributed by atoms with Crippen LogP contribution in [0.1, 0.15) is 31.9 Å². The van der Waals surface area contributed by atoms with E-state index in [1.165, 1.54) is 0 Å². The standard InChI is InChI=1S/C14H20BrN3O2/c1-9(2)17-6-5-10(8-16)14(17)12-4-3-11(15)7-13(12)18(19)20/h3-4,7,9-10,14H,5-6,8,16H2,1-2H3. The van der Waals surface area contributed by atoms with Crippen molar-refractivity contribution < 1.29 is 4.92 Å². The van der Waals surface area contributed by atoms with E-state index >= 15 is 0 Å². The maximum absolute atomic E-state index is 11.3. The molecule has 0 spiro atoms. The van der Waals surface area contributed by atoms with Gasteiger partial charge < -0.3 is 5.73 Å². The molecule has 6 heteroatoms. The lowest BCUT2D eigenvalue weighted by Crippen LogP contribution is -2.33. The van der Waals surface area contributed by atoms with Crippen molar-refractivity contribution in [3.63, 3.8) is 0 Å². The molecule has 5 nitrogen and oxygen atoms in total. The van der Waals surface area contributed by atoms with Crippen molar-refractivity contribution in [3.8, 4) is 0 Å². The van der Waals surface area contributed by atoms with E-state index in [-0.39, 0.29) is 22.6 Å². The lowest BCUT2D eigenvalue weighted by Gasteiger charge is -2.31. The van der Waals surface area contributed by atoms with Crippen molar-refractivity contribution >= 4 is 21.6 Å². The number of rotatable bonds is 4. The van der Waals surface area contributed by atoms with Crippen LogP contribution in [-0.2, 0) is 0 Å². The Morgan fingerprint density at radius 3 is 2.80 bits per heavy atom. The average molecular weight is 342 g/mol. The third-order valence-electron chi connectivity index (χ3n) is 4.04. The summed E-state index contributed by atoms with van der Waals surface area (Å²) < 4.78 is 0.728. The zero-order valence-corrected chi connectivity index (χ0v) is 13.3. The number of benzene rings is 1. The molecule has 0 saturated carbocycles. The molecule has 1 heterocycles. The first-order valence-electron chi connectivity index (χ1n) is 6.85. The molecule has 1 aromatic rings. The predicted molar refractivity (Wildman–Crippen MR) is 82.5 cm³/mol. The van der Waals surface area contributed by atoms with E-state index < -0.39 is 0 Å². The number of nitrogens with zero attached hydrogens (tertiary/aromatic N) is 2. The third-order valence-corrected chi connectivity index (χ3v) is 4.53. The molecule has 1 fully saturated rings. The highest BCUT2D eigenvalue weighted by atomic mass is 79.9. The Bertz CT molecular complexity index is 507. The van der Waals surface area contributed by atoms with Crippen molar-refractivity contribution in [1.29, 1.82) is 0 Å². The molecule has 2 atom stereocenters. The number of halogens is 1. The van der Waals surface area contributed by atoms with E-state index in [1.54, 1.807) is 6.07 Å². The number of nitrogens with two attached hydrogens (primary N) is 1. The van der Waals surface area contributed by atoms with E-state index in [2.05, 4.69) is 34.7 Å². The fourth-order valence-electron chi connectivity index (χ4n) is 3.07. The number of nitro groups is 1. The molecule has 0 radical (unpaired) electrons. The van der Waals surface area contributed by atoms with E-state index in [9.17, 15) is 10.1 Å². The highest BCUT2D eigenvalue weighted by molar-refractivity contribution is 9.10. The largest absolute Gasteiger partial charge is 0.330 e. The fraction of sp³-hybridized carbons (Fsp3) is 0.571. The highest BCUT2D eigenvalue weighted by Gasteiger charge is 2.39. The second-order valence-electron chi connectivity index (χ2n) is 5.52. The van der Waals surface area contributed by atoms with Crippen LogP contribution in [0.4, 0.5) is 5.69 Å². The summed E-state index contributed by atoms with van der Waals surface area (Å²) in [5, 5.41) is 11.3. The maximum Gasteiger partial charge on any atom is 0.275 e. The van der Waals surface area contributed by atoms with Gasteiger partial charge >= 0.3 is 0 Å². The topological polar surface area (TPSA) is 72.4 Å². The second kappa shape index (κ2) is 6.20. The normalized spacial score (nSPS) is 23.4. The third kappa shape index (κ3) is 2.87. The molecule has 0 aliphatic carbocycles. The lowest BCUT2D eigenvalue weighted by molar-refractivity contribution is -0.386. The van der Waals surface area contributed by atoms with Crippen LogP contribution in [0.15, 0.2) is 22.7 Å². The molecule has 20 heavy (non-hydrogen) atoms. The van der Waals surface area contributed by atoms with Gasteiger partial charge in [-0.05, 0) is 51.4 Å². The van der Waals surface area contributed by atoms with Gasteiger partial charge in [0.25, 0.3) is 5.69 Å². The molecule has 1 aromatic carbocycles. The SMILES string of the molecule is CC(C)N1CCC(CN)C1c1ccc(Br)cc1[N+](=O)[O-]. The molecule has 0 amide bonds.